The van der Waals surface area contributed by atoms with Gasteiger partial charge in [0, 0.05) is 19.3 Å². The Morgan fingerprint density at radius 1 is 1.38 bits per heavy atom. The highest BCUT2D eigenvalue weighted by Crippen LogP contribution is 2.05. The molecule has 0 saturated heterocycles. The minimum Gasteiger partial charge on any atom is -0.478 e. The number of carboxylic acid groups (broad SMARTS) is 1. The predicted octanol–water partition coefficient (Wildman–Crippen LogP) is 1.26. The third-order valence-corrected chi connectivity index (χ3v) is 2.28. The number of pyridine rings is 1. The number of carbonyl (C=O) groups is 2. The largest absolute Gasteiger partial charge is 0.478 e. The second-order valence-electron chi connectivity index (χ2n) is 3.21. The van der Waals surface area contributed by atoms with Crippen LogP contribution in [0, 0.1) is 0 Å². The number of hydrogen-bond acceptors (Lipinski definition) is 3. The molecular weight excluding hydrogens is 208 g/mol. The lowest BCUT2D eigenvalue weighted by molar-refractivity contribution is 0.0696. The van der Waals surface area contributed by atoms with Crippen molar-refractivity contribution in [3.8, 4) is 0 Å². The number of aromatic carboxylic acids is 1. The van der Waals surface area contributed by atoms with Crippen LogP contribution in [-0.2, 0) is 0 Å². The number of hydrogen-bond donors (Lipinski definition) is 1. The Kier molecular flexibility index (Phi) is 3.99. The molecule has 1 amide bonds. The van der Waals surface area contributed by atoms with Gasteiger partial charge in [-0.2, -0.15) is 0 Å². The lowest BCUT2D eigenvalue weighted by Gasteiger charge is -2.17. The summed E-state index contributed by atoms with van der Waals surface area (Å²) in [6, 6.07) is 2.66. The van der Waals surface area contributed by atoms with Crippen LogP contribution in [0.3, 0.4) is 0 Å². The van der Waals surface area contributed by atoms with Crippen LogP contribution in [0.4, 0.5) is 0 Å². The van der Waals surface area contributed by atoms with Crippen molar-refractivity contribution in [2.24, 2.45) is 0 Å². The second kappa shape index (κ2) is 5.25. The van der Waals surface area contributed by atoms with E-state index in [0.717, 1.165) is 0 Å². The summed E-state index contributed by atoms with van der Waals surface area (Å²) in [6.07, 6.45) is 1.33. The van der Waals surface area contributed by atoms with Gasteiger partial charge in [0.2, 0.25) is 0 Å². The molecule has 0 atom stereocenters. The van der Waals surface area contributed by atoms with Crippen LogP contribution in [0.25, 0.3) is 0 Å². The van der Waals surface area contributed by atoms with Crippen LogP contribution in [-0.4, -0.2) is 40.0 Å². The average Bonchev–Trinajstić information content (AvgIpc) is 2.30. The fourth-order valence-corrected chi connectivity index (χ4v) is 1.35. The fourth-order valence-electron chi connectivity index (χ4n) is 1.35. The van der Waals surface area contributed by atoms with Gasteiger partial charge in [-0.15, -0.1) is 0 Å². The first-order valence-corrected chi connectivity index (χ1v) is 5.08. The summed E-state index contributed by atoms with van der Waals surface area (Å²) in [6.45, 7) is 4.88. The molecule has 0 fully saturated rings. The molecule has 0 bridgehead atoms. The number of carbonyl (C=O) groups excluding carboxylic acids is 1. The van der Waals surface area contributed by atoms with Gasteiger partial charge in [0.1, 0.15) is 5.69 Å². The van der Waals surface area contributed by atoms with Crippen molar-refractivity contribution < 1.29 is 14.7 Å². The van der Waals surface area contributed by atoms with Crippen LogP contribution in [0.5, 0.6) is 0 Å². The molecular formula is C11H14N2O3. The minimum atomic E-state index is -1.06. The number of aromatic nitrogens is 1. The summed E-state index contributed by atoms with van der Waals surface area (Å²) in [5, 5.41) is 8.79. The minimum absolute atomic E-state index is 0.0745. The molecule has 16 heavy (non-hydrogen) atoms. The van der Waals surface area contributed by atoms with E-state index in [4.69, 9.17) is 5.11 Å². The van der Waals surface area contributed by atoms with Gasteiger partial charge in [-0.1, -0.05) is 0 Å². The van der Waals surface area contributed by atoms with Crippen LogP contribution >= 0.6 is 0 Å². The second-order valence-corrected chi connectivity index (χ2v) is 3.21. The Morgan fingerprint density at radius 2 is 2.00 bits per heavy atom. The van der Waals surface area contributed by atoms with E-state index in [1.165, 1.54) is 18.3 Å². The van der Waals surface area contributed by atoms with Crippen molar-refractivity contribution in [3.05, 3.63) is 29.6 Å². The summed E-state index contributed by atoms with van der Waals surface area (Å²) in [5.74, 6) is -1.30. The van der Waals surface area contributed by atoms with Crippen molar-refractivity contribution in [2.45, 2.75) is 13.8 Å². The maximum absolute atomic E-state index is 11.9. The van der Waals surface area contributed by atoms with Crippen LogP contribution in [0.1, 0.15) is 34.7 Å². The summed E-state index contributed by atoms with van der Waals surface area (Å²) in [4.78, 5) is 28.1. The number of rotatable bonds is 4. The molecule has 1 aromatic rings. The van der Waals surface area contributed by atoms with E-state index in [1.807, 2.05) is 13.8 Å². The zero-order valence-electron chi connectivity index (χ0n) is 9.30. The molecule has 0 radical (unpaired) electrons. The van der Waals surface area contributed by atoms with Crippen molar-refractivity contribution in [1.82, 2.24) is 9.88 Å². The Bertz CT molecular complexity index is 400. The molecule has 0 aliphatic carbocycles. The van der Waals surface area contributed by atoms with Gasteiger partial charge < -0.3 is 10.0 Å². The van der Waals surface area contributed by atoms with Gasteiger partial charge >= 0.3 is 5.97 Å². The first-order valence-electron chi connectivity index (χ1n) is 5.08. The van der Waals surface area contributed by atoms with Crippen LogP contribution in [0.15, 0.2) is 18.3 Å². The van der Waals surface area contributed by atoms with E-state index in [9.17, 15) is 9.59 Å². The zero-order chi connectivity index (χ0) is 12.1. The van der Waals surface area contributed by atoms with Gasteiger partial charge in [0.15, 0.2) is 0 Å². The summed E-state index contributed by atoms with van der Waals surface area (Å²) >= 11 is 0. The first kappa shape index (κ1) is 12.2. The van der Waals surface area contributed by atoms with Gasteiger partial charge in [0.25, 0.3) is 5.91 Å². The lowest BCUT2D eigenvalue weighted by Crippen LogP contribution is -2.31. The van der Waals surface area contributed by atoms with Crippen molar-refractivity contribution in [1.29, 1.82) is 0 Å². The first-order chi connectivity index (χ1) is 7.60. The number of amides is 1. The maximum Gasteiger partial charge on any atom is 0.335 e. The molecule has 1 aromatic heterocycles. The molecule has 0 aromatic carbocycles. The Labute approximate surface area is 93.7 Å². The highest BCUT2D eigenvalue weighted by atomic mass is 16.4. The normalized spacial score (nSPS) is 9.88. The van der Waals surface area contributed by atoms with Gasteiger partial charge in [-0.3, -0.25) is 9.78 Å². The lowest BCUT2D eigenvalue weighted by atomic mass is 10.2. The highest BCUT2D eigenvalue weighted by molar-refractivity contribution is 5.95. The SMILES string of the molecule is CCN(CC)C(=O)c1cc(C(=O)O)ccn1. The highest BCUT2D eigenvalue weighted by Gasteiger charge is 2.15. The average molecular weight is 222 g/mol. The van der Waals surface area contributed by atoms with E-state index in [2.05, 4.69) is 4.98 Å². The fraction of sp³-hybridized carbons (Fsp3) is 0.364. The van der Waals surface area contributed by atoms with Gasteiger partial charge in [-0.25, -0.2) is 4.79 Å². The van der Waals surface area contributed by atoms with Gasteiger partial charge in [0.05, 0.1) is 5.56 Å². The van der Waals surface area contributed by atoms with E-state index in [1.54, 1.807) is 4.90 Å². The maximum atomic E-state index is 11.9. The summed E-state index contributed by atoms with van der Waals surface area (Å²) in [5.41, 5.74) is 0.245. The molecule has 5 heteroatoms. The molecule has 1 N–H and O–H groups in total. The monoisotopic (exact) mass is 222 g/mol. The topological polar surface area (TPSA) is 70.5 Å². The van der Waals surface area contributed by atoms with Crippen LogP contribution in [0.2, 0.25) is 0 Å². The number of nitrogens with zero attached hydrogens (tertiary/aromatic N) is 2. The summed E-state index contributed by atoms with van der Waals surface area (Å²) in [7, 11) is 0. The van der Waals surface area contributed by atoms with Crippen molar-refractivity contribution in [3.63, 3.8) is 0 Å². The van der Waals surface area contributed by atoms with Gasteiger partial charge in [-0.05, 0) is 26.0 Å². The third kappa shape index (κ3) is 2.56. The molecule has 1 heterocycles. The molecule has 86 valence electrons. The zero-order valence-corrected chi connectivity index (χ0v) is 9.30. The summed E-state index contributed by atoms with van der Waals surface area (Å²) < 4.78 is 0. The van der Waals surface area contributed by atoms with Crippen molar-refractivity contribution in [2.75, 3.05) is 13.1 Å². The molecule has 0 aliphatic rings. The number of carboxylic acids is 1. The van der Waals surface area contributed by atoms with E-state index in [-0.39, 0.29) is 17.2 Å². The molecule has 0 aliphatic heterocycles. The molecule has 0 unspecified atom stereocenters. The molecule has 1 rings (SSSR count). The predicted molar refractivity (Wildman–Crippen MR) is 58.4 cm³/mol. The van der Waals surface area contributed by atoms with Crippen molar-refractivity contribution >= 4 is 11.9 Å². The van der Waals surface area contributed by atoms with E-state index < -0.39 is 5.97 Å². The Morgan fingerprint density at radius 3 is 2.50 bits per heavy atom. The van der Waals surface area contributed by atoms with E-state index >= 15 is 0 Å². The quantitative estimate of drug-likeness (QED) is 0.832. The van der Waals surface area contributed by atoms with Crippen LogP contribution < -0.4 is 0 Å². The molecule has 0 spiro atoms. The smallest absolute Gasteiger partial charge is 0.335 e. The van der Waals surface area contributed by atoms with E-state index in [0.29, 0.717) is 13.1 Å². The molecule has 5 nitrogen and oxygen atoms in total. The standard InChI is InChI=1S/C11H14N2O3/c1-3-13(4-2)10(14)9-7-8(11(15)16)5-6-12-9/h5-7H,3-4H2,1-2H3,(H,15,16). The Hall–Kier alpha value is -1.91. The Balaban J connectivity index is 3.00. The third-order valence-electron chi connectivity index (χ3n) is 2.28. The molecule has 0 saturated carbocycles.